The monoisotopic (exact) mass is 287 g/mol. The van der Waals surface area contributed by atoms with Crippen molar-refractivity contribution in [3.05, 3.63) is 47.3 Å². The van der Waals surface area contributed by atoms with Crippen LogP contribution in [0.3, 0.4) is 0 Å². The first-order valence-electron chi connectivity index (χ1n) is 7.00. The third kappa shape index (κ3) is 3.49. The van der Waals surface area contributed by atoms with Crippen LogP contribution in [-0.4, -0.2) is 18.1 Å². The summed E-state index contributed by atoms with van der Waals surface area (Å²) in [6.45, 7) is 3.63. The highest BCUT2D eigenvalue weighted by Crippen LogP contribution is 2.24. The second-order valence-corrected chi connectivity index (χ2v) is 5.18. The lowest BCUT2D eigenvalue weighted by Crippen LogP contribution is -2.28. The van der Waals surface area contributed by atoms with E-state index in [1.54, 1.807) is 18.9 Å². The minimum absolute atomic E-state index is 0.00998. The smallest absolute Gasteiger partial charge is 0.226 e. The fraction of sp³-hybridized carbons (Fsp3) is 0.375. The van der Waals surface area contributed by atoms with E-state index in [0.717, 1.165) is 16.9 Å². The summed E-state index contributed by atoms with van der Waals surface area (Å²) in [5, 5.41) is 3.87. The summed E-state index contributed by atoms with van der Waals surface area (Å²) < 4.78 is 5.09. The van der Waals surface area contributed by atoms with Gasteiger partial charge >= 0.3 is 0 Å². The lowest BCUT2D eigenvalue weighted by Gasteiger charge is -2.18. The summed E-state index contributed by atoms with van der Waals surface area (Å²) in [5.41, 5.74) is 8.63. The van der Waals surface area contributed by atoms with Gasteiger partial charge in [-0.2, -0.15) is 0 Å². The normalized spacial score (nSPS) is 12.2. The van der Waals surface area contributed by atoms with Crippen molar-refractivity contribution in [1.82, 2.24) is 5.16 Å². The van der Waals surface area contributed by atoms with Crippen LogP contribution >= 0.6 is 0 Å². The van der Waals surface area contributed by atoms with Crippen molar-refractivity contribution in [2.24, 2.45) is 5.73 Å². The quantitative estimate of drug-likeness (QED) is 0.917. The molecule has 1 aromatic heterocycles. The first-order chi connectivity index (χ1) is 10.0. The zero-order valence-electron chi connectivity index (χ0n) is 12.7. The summed E-state index contributed by atoms with van der Waals surface area (Å²) in [5.74, 6) is 0.659. The number of carbonyl (C=O) groups is 1. The maximum atomic E-state index is 12.3. The molecule has 0 aliphatic rings. The number of benzene rings is 1. The molecule has 0 aliphatic carbocycles. The van der Waals surface area contributed by atoms with Crippen molar-refractivity contribution in [3.63, 3.8) is 0 Å². The molecule has 5 heteroatoms. The number of hydrogen-bond donors (Lipinski definition) is 1. The predicted octanol–water partition coefficient (Wildman–Crippen LogP) is 2.73. The largest absolute Gasteiger partial charge is 0.359 e. The van der Waals surface area contributed by atoms with Gasteiger partial charge in [-0.25, -0.2) is 0 Å². The van der Waals surface area contributed by atoms with Gasteiger partial charge in [0.15, 0.2) is 5.76 Å². The summed E-state index contributed by atoms with van der Waals surface area (Å²) in [6.07, 6.45) is 0.993. The van der Waals surface area contributed by atoms with Crippen LogP contribution in [0.2, 0.25) is 0 Å². The Morgan fingerprint density at radius 3 is 2.57 bits per heavy atom. The number of carbonyl (C=O) groups excluding carboxylic acids is 1. The van der Waals surface area contributed by atoms with E-state index in [0.29, 0.717) is 18.6 Å². The maximum absolute atomic E-state index is 12.3. The highest BCUT2D eigenvalue weighted by molar-refractivity contribution is 5.93. The van der Waals surface area contributed by atoms with Crippen LogP contribution < -0.4 is 10.6 Å². The van der Waals surface area contributed by atoms with Crippen LogP contribution in [0.25, 0.3) is 0 Å². The molecule has 5 nitrogen and oxygen atoms in total. The average molecular weight is 287 g/mol. The molecule has 0 spiro atoms. The Hall–Kier alpha value is -2.14. The van der Waals surface area contributed by atoms with E-state index >= 15 is 0 Å². The van der Waals surface area contributed by atoms with E-state index in [9.17, 15) is 4.79 Å². The number of amides is 1. The van der Waals surface area contributed by atoms with Crippen LogP contribution in [0.15, 0.2) is 34.9 Å². The molecule has 112 valence electrons. The molecule has 1 atom stereocenters. The van der Waals surface area contributed by atoms with Crippen molar-refractivity contribution in [2.75, 3.05) is 11.9 Å². The van der Waals surface area contributed by atoms with Gasteiger partial charge in [0.05, 0.1) is 0 Å². The summed E-state index contributed by atoms with van der Waals surface area (Å²) in [6, 6.07) is 9.68. The van der Waals surface area contributed by atoms with E-state index in [1.165, 1.54) is 0 Å². The van der Waals surface area contributed by atoms with Crippen molar-refractivity contribution in [2.45, 2.75) is 32.7 Å². The van der Waals surface area contributed by atoms with E-state index in [1.807, 2.05) is 37.3 Å². The fourth-order valence-corrected chi connectivity index (χ4v) is 2.40. The Bertz CT molecular complexity index is 588. The van der Waals surface area contributed by atoms with Crippen LogP contribution in [-0.2, 0) is 4.79 Å². The van der Waals surface area contributed by atoms with E-state index in [-0.39, 0.29) is 11.9 Å². The van der Waals surface area contributed by atoms with Gasteiger partial charge < -0.3 is 15.2 Å². The van der Waals surface area contributed by atoms with Gasteiger partial charge in [-0.15, -0.1) is 0 Å². The Balaban J connectivity index is 1.96. The van der Waals surface area contributed by atoms with Gasteiger partial charge in [-0.1, -0.05) is 35.5 Å². The number of aromatic nitrogens is 1. The molecule has 1 aromatic carbocycles. The summed E-state index contributed by atoms with van der Waals surface area (Å²) >= 11 is 0. The topological polar surface area (TPSA) is 72.4 Å². The molecule has 0 fully saturated rings. The molecule has 0 aliphatic heterocycles. The Morgan fingerprint density at radius 2 is 2.00 bits per heavy atom. The standard InChI is InChI=1S/C16H21N3O2/c1-11-16(12(2)21-18-11)19(3)15(20)10-9-14(17)13-7-5-4-6-8-13/h4-8,14H,9-10,17H2,1-3H3. The number of anilines is 1. The molecule has 1 unspecified atom stereocenters. The maximum Gasteiger partial charge on any atom is 0.226 e. The number of nitrogens with zero attached hydrogens (tertiary/aromatic N) is 2. The second-order valence-electron chi connectivity index (χ2n) is 5.18. The van der Waals surface area contributed by atoms with Gasteiger partial charge in [-0.05, 0) is 25.8 Å². The van der Waals surface area contributed by atoms with Crippen LogP contribution in [0.4, 0.5) is 5.69 Å². The first-order valence-corrected chi connectivity index (χ1v) is 7.00. The van der Waals surface area contributed by atoms with E-state index < -0.39 is 0 Å². The number of rotatable bonds is 5. The van der Waals surface area contributed by atoms with Crippen molar-refractivity contribution in [1.29, 1.82) is 0 Å². The van der Waals surface area contributed by atoms with E-state index in [2.05, 4.69) is 5.16 Å². The third-order valence-corrected chi connectivity index (χ3v) is 3.60. The number of nitrogens with two attached hydrogens (primary N) is 1. The number of aryl methyl sites for hydroxylation is 2. The van der Waals surface area contributed by atoms with Crippen molar-refractivity contribution in [3.8, 4) is 0 Å². The second kappa shape index (κ2) is 6.54. The zero-order chi connectivity index (χ0) is 15.4. The Labute approximate surface area is 124 Å². The van der Waals surface area contributed by atoms with Crippen molar-refractivity contribution < 1.29 is 9.32 Å². The molecule has 0 bridgehead atoms. The molecule has 21 heavy (non-hydrogen) atoms. The minimum Gasteiger partial charge on any atom is -0.359 e. The Morgan fingerprint density at radius 1 is 1.33 bits per heavy atom. The summed E-state index contributed by atoms with van der Waals surface area (Å²) in [7, 11) is 1.74. The van der Waals surface area contributed by atoms with Crippen molar-refractivity contribution >= 4 is 11.6 Å². The molecule has 1 amide bonds. The molecule has 0 saturated carbocycles. The molecule has 0 radical (unpaired) electrons. The van der Waals surface area contributed by atoms with Gasteiger partial charge in [0, 0.05) is 19.5 Å². The molecule has 2 N–H and O–H groups in total. The van der Waals surface area contributed by atoms with Gasteiger partial charge in [0.25, 0.3) is 0 Å². The van der Waals surface area contributed by atoms with E-state index in [4.69, 9.17) is 10.3 Å². The lowest BCUT2D eigenvalue weighted by atomic mass is 10.0. The molecule has 0 saturated heterocycles. The lowest BCUT2D eigenvalue weighted by molar-refractivity contribution is -0.118. The molecular weight excluding hydrogens is 266 g/mol. The number of hydrogen-bond acceptors (Lipinski definition) is 4. The third-order valence-electron chi connectivity index (χ3n) is 3.60. The van der Waals surface area contributed by atoms with Gasteiger partial charge in [0.1, 0.15) is 11.4 Å². The molecular formula is C16H21N3O2. The highest BCUT2D eigenvalue weighted by Gasteiger charge is 2.20. The van der Waals surface area contributed by atoms with Crippen LogP contribution in [0.5, 0.6) is 0 Å². The average Bonchev–Trinajstić information content (AvgIpc) is 2.83. The van der Waals surface area contributed by atoms with Gasteiger partial charge in [0.2, 0.25) is 5.91 Å². The fourth-order valence-electron chi connectivity index (χ4n) is 2.40. The molecule has 2 rings (SSSR count). The zero-order valence-corrected chi connectivity index (χ0v) is 12.7. The first kappa shape index (κ1) is 15.3. The van der Waals surface area contributed by atoms with Gasteiger partial charge in [-0.3, -0.25) is 4.79 Å². The Kier molecular flexibility index (Phi) is 4.75. The molecule has 2 aromatic rings. The predicted molar refractivity (Wildman–Crippen MR) is 82.0 cm³/mol. The minimum atomic E-state index is -0.131. The molecule has 1 heterocycles. The van der Waals surface area contributed by atoms with Crippen LogP contribution in [0.1, 0.15) is 35.9 Å². The SMILES string of the molecule is Cc1noc(C)c1N(C)C(=O)CCC(N)c1ccccc1. The highest BCUT2D eigenvalue weighted by atomic mass is 16.5. The van der Waals surface area contributed by atoms with Crippen LogP contribution in [0, 0.1) is 13.8 Å². The summed E-state index contributed by atoms with van der Waals surface area (Å²) in [4.78, 5) is 13.9.